The molecule has 1 aromatic heterocycles. The molecule has 136 valence electrons. The van der Waals surface area contributed by atoms with E-state index in [-0.39, 0.29) is 5.41 Å². The summed E-state index contributed by atoms with van der Waals surface area (Å²) in [6, 6.07) is 13.8. The second-order valence-corrected chi connectivity index (χ2v) is 8.79. The first kappa shape index (κ1) is 18.4. The minimum Gasteiger partial charge on any atom is -0.496 e. The number of aromatic amines is 1. The highest BCUT2D eigenvalue weighted by Gasteiger charge is 2.17. The number of nitrogens with zero attached hydrogens (tertiary/aromatic N) is 1. The molecule has 2 aromatic carbocycles. The second-order valence-electron chi connectivity index (χ2n) is 7.34. The number of nitrogens with one attached hydrogen (secondary N) is 1. The lowest BCUT2D eigenvalue weighted by Crippen LogP contribution is -2.10. The fraction of sp³-hybridized carbons (Fsp3) is 0.286. The van der Waals surface area contributed by atoms with E-state index in [4.69, 9.17) is 4.74 Å². The third-order valence-electron chi connectivity index (χ3n) is 4.30. The maximum atomic E-state index is 12.9. The van der Waals surface area contributed by atoms with E-state index >= 15 is 0 Å². The molecule has 0 aliphatic carbocycles. The number of imidazole rings is 1. The van der Waals surface area contributed by atoms with Gasteiger partial charge in [0.2, 0.25) is 0 Å². The zero-order valence-corrected chi connectivity index (χ0v) is 16.6. The van der Waals surface area contributed by atoms with E-state index in [1.54, 1.807) is 13.3 Å². The molecule has 0 amide bonds. The molecule has 4 nitrogen and oxygen atoms in total. The molecule has 0 saturated carbocycles. The van der Waals surface area contributed by atoms with E-state index in [0.29, 0.717) is 10.9 Å². The molecule has 0 saturated heterocycles. The number of hydrogen-bond donors (Lipinski definition) is 1. The molecule has 1 heterocycles. The largest absolute Gasteiger partial charge is 0.496 e. The Labute approximate surface area is 157 Å². The number of ether oxygens (including phenoxy) is 1. The Hall–Kier alpha value is -2.40. The van der Waals surface area contributed by atoms with Crippen molar-refractivity contribution < 1.29 is 8.95 Å². The average molecular weight is 369 g/mol. The molecule has 3 aromatic rings. The first-order chi connectivity index (χ1) is 12.3. The van der Waals surface area contributed by atoms with Gasteiger partial charge in [0, 0.05) is 4.90 Å². The van der Waals surface area contributed by atoms with Crippen molar-refractivity contribution in [3.05, 3.63) is 59.8 Å². The van der Waals surface area contributed by atoms with Crippen LogP contribution < -0.4 is 4.74 Å². The van der Waals surface area contributed by atoms with Crippen LogP contribution in [0.5, 0.6) is 5.75 Å². The Morgan fingerprint density at radius 3 is 2.38 bits per heavy atom. The van der Waals surface area contributed by atoms with E-state index in [0.717, 1.165) is 21.8 Å². The lowest BCUT2D eigenvalue weighted by molar-refractivity contribution is 0.416. The van der Waals surface area contributed by atoms with Crippen LogP contribution in [-0.4, -0.2) is 21.3 Å². The number of rotatable bonds is 4. The minimum atomic E-state index is -1.31. The van der Waals surface area contributed by atoms with Crippen molar-refractivity contribution in [1.29, 1.82) is 0 Å². The van der Waals surface area contributed by atoms with E-state index in [1.807, 2.05) is 49.4 Å². The Kier molecular flexibility index (Phi) is 5.01. The Morgan fingerprint density at radius 1 is 1.08 bits per heavy atom. The molecule has 5 heteroatoms. The molecule has 1 N–H and O–H groups in total. The summed E-state index contributed by atoms with van der Waals surface area (Å²) in [5.41, 5.74) is 3.26. The highest BCUT2D eigenvalue weighted by molar-refractivity contribution is 7.85. The number of aromatic nitrogens is 2. The normalized spacial score (nSPS) is 12.8. The van der Waals surface area contributed by atoms with Crippen LogP contribution in [0.25, 0.3) is 11.4 Å². The van der Waals surface area contributed by atoms with Gasteiger partial charge < -0.3 is 9.72 Å². The summed E-state index contributed by atoms with van der Waals surface area (Å²) in [6.45, 7) is 8.50. The van der Waals surface area contributed by atoms with Gasteiger partial charge in [0.05, 0.1) is 18.9 Å². The van der Waals surface area contributed by atoms with Crippen molar-refractivity contribution >= 4 is 10.8 Å². The van der Waals surface area contributed by atoms with Crippen LogP contribution >= 0.6 is 0 Å². The average Bonchev–Trinajstić information content (AvgIpc) is 3.10. The monoisotopic (exact) mass is 368 g/mol. The van der Waals surface area contributed by atoms with E-state index < -0.39 is 10.8 Å². The van der Waals surface area contributed by atoms with Gasteiger partial charge >= 0.3 is 0 Å². The molecule has 3 rings (SSSR count). The lowest BCUT2D eigenvalue weighted by Gasteiger charge is -2.18. The van der Waals surface area contributed by atoms with Gasteiger partial charge in [-0.05, 0) is 42.2 Å². The SMILES string of the molecule is COc1ccc(C)cc1-c1ncc(S(=O)c2ccc(C(C)(C)C)cc2)[nH]1. The number of aryl methyl sites for hydroxylation is 1. The van der Waals surface area contributed by atoms with Gasteiger partial charge in [-0.1, -0.05) is 44.5 Å². The second kappa shape index (κ2) is 7.08. The van der Waals surface area contributed by atoms with Crippen LogP contribution in [0.4, 0.5) is 0 Å². The zero-order valence-electron chi connectivity index (χ0n) is 15.8. The molecule has 0 bridgehead atoms. The maximum absolute atomic E-state index is 12.9. The lowest BCUT2D eigenvalue weighted by atomic mass is 9.87. The van der Waals surface area contributed by atoms with Crippen LogP contribution in [0.2, 0.25) is 0 Å². The molecular formula is C21H24N2O2S. The van der Waals surface area contributed by atoms with Crippen molar-refractivity contribution in [3.8, 4) is 17.1 Å². The van der Waals surface area contributed by atoms with E-state index in [2.05, 4.69) is 30.7 Å². The number of methoxy groups -OCH3 is 1. The summed E-state index contributed by atoms with van der Waals surface area (Å²) in [7, 11) is 0.324. The minimum absolute atomic E-state index is 0.0723. The molecule has 1 atom stereocenters. The Morgan fingerprint density at radius 2 is 1.77 bits per heavy atom. The first-order valence-corrected chi connectivity index (χ1v) is 9.67. The van der Waals surface area contributed by atoms with Gasteiger partial charge in [-0.25, -0.2) is 9.19 Å². The molecule has 26 heavy (non-hydrogen) atoms. The summed E-state index contributed by atoms with van der Waals surface area (Å²) in [5.74, 6) is 1.39. The first-order valence-electron chi connectivity index (χ1n) is 8.52. The zero-order chi connectivity index (χ0) is 18.9. The predicted molar refractivity (Wildman–Crippen MR) is 105 cm³/mol. The summed E-state index contributed by atoms with van der Waals surface area (Å²) < 4.78 is 18.3. The highest BCUT2D eigenvalue weighted by atomic mass is 32.2. The number of H-pyrrole nitrogens is 1. The van der Waals surface area contributed by atoms with Gasteiger partial charge in [-0.3, -0.25) is 0 Å². The summed E-state index contributed by atoms with van der Waals surface area (Å²) in [5, 5.41) is 0.576. The maximum Gasteiger partial charge on any atom is 0.141 e. The van der Waals surface area contributed by atoms with Crippen molar-refractivity contribution in [1.82, 2.24) is 9.97 Å². The number of hydrogen-bond acceptors (Lipinski definition) is 3. The molecule has 0 aliphatic rings. The van der Waals surface area contributed by atoms with Crippen molar-refractivity contribution in [2.45, 2.75) is 43.0 Å². The Balaban J connectivity index is 1.90. The standard InChI is InChI=1S/C21H24N2O2S/c1-14-6-11-18(25-5)17(12-14)20-22-13-19(23-20)26(24)16-9-7-15(8-10-16)21(2,3)4/h6-13H,1-5H3,(H,22,23). The molecule has 0 fully saturated rings. The van der Waals surface area contributed by atoms with Crippen molar-refractivity contribution in [3.63, 3.8) is 0 Å². The van der Waals surface area contributed by atoms with Crippen LogP contribution in [0.15, 0.2) is 58.6 Å². The van der Waals surface area contributed by atoms with Gasteiger partial charge in [-0.15, -0.1) is 0 Å². The van der Waals surface area contributed by atoms with Gasteiger partial charge in [0.25, 0.3) is 0 Å². The van der Waals surface area contributed by atoms with Crippen LogP contribution in [0, 0.1) is 6.92 Å². The topological polar surface area (TPSA) is 55.0 Å². The van der Waals surface area contributed by atoms with Crippen molar-refractivity contribution in [2.24, 2.45) is 0 Å². The Bertz CT molecular complexity index is 937. The summed E-state index contributed by atoms with van der Waals surface area (Å²) in [6.07, 6.45) is 1.63. The fourth-order valence-electron chi connectivity index (χ4n) is 2.75. The molecule has 0 radical (unpaired) electrons. The molecular weight excluding hydrogens is 344 g/mol. The van der Waals surface area contributed by atoms with Crippen LogP contribution in [-0.2, 0) is 16.2 Å². The van der Waals surface area contributed by atoms with Crippen LogP contribution in [0.1, 0.15) is 31.9 Å². The molecule has 0 spiro atoms. The third kappa shape index (κ3) is 3.73. The van der Waals surface area contributed by atoms with E-state index in [1.165, 1.54) is 5.56 Å². The summed E-state index contributed by atoms with van der Waals surface area (Å²) in [4.78, 5) is 8.35. The smallest absolute Gasteiger partial charge is 0.141 e. The molecule has 1 unspecified atom stereocenters. The van der Waals surface area contributed by atoms with Crippen LogP contribution in [0.3, 0.4) is 0 Å². The third-order valence-corrected chi connectivity index (χ3v) is 5.60. The number of benzene rings is 2. The highest BCUT2D eigenvalue weighted by Crippen LogP contribution is 2.30. The summed E-state index contributed by atoms with van der Waals surface area (Å²) >= 11 is 0. The van der Waals surface area contributed by atoms with Crippen molar-refractivity contribution in [2.75, 3.05) is 7.11 Å². The quantitative estimate of drug-likeness (QED) is 0.716. The van der Waals surface area contributed by atoms with Gasteiger partial charge in [0.1, 0.15) is 27.4 Å². The van der Waals surface area contributed by atoms with Gasteiger partial charge in [-0.2, -0.15) is 0 Å². The molecule has 0 aliphatic heterocycles. The van der Waals surface area contributed by atoms with E-state index in [9.17, 15) is 4.21 Å². The predicted octanol–water partition coefficient (Wildman–Crippen LogP) is 4.86. The fourth-order valence-corrected chi connectivity index (χ4v) is 3.72. The van der Waals surface area contributed by atoms with Gasteiger partial charge in [0.15, 0.2) is 0 Å².